The number of nitrogens with two attached hydrogens (primary N) is 2. The van der Waals surface area contributed by atoms with Crippen LogP contribution < -0.4 is 22.1 Å². The van der Waals surface area contributed by atoms with E-state index in [2.05, 4.69) is 10.6 Å². The van der Waals surface area contributed by atoms with Gasteiger partial charge in [-0.05, 0) is 12.8 Å². The molecule has 0 bridgehead atoms. The molecule has 0 spiro atoms. The highest BCUT2D eigenvalue weighted by atomic mass is 16.4. The number of urea groups is 2. The minimum Gasteiger partial charge on any atom is -0.480 e. The lowest BCUT2D eigenvalue weighted by molar-refractivity contribution is -0.139. The molecule has 0 aromatic rings. The van der Waals surface area contributed by atoms with Gasteiger partial charge in [0.2, 0.25) is 0 Å². The van der Waals surface area contributed by atoms with Gasteiger partial charge in [0.25, 0.3) is 0 Å². The summed E-state index contributed by atoms with van der Waals surface area (Å²) in [5, 5.41) is 13.0. The first-order valence-corrected chi connectivity index (χ1v) is 4.25. The first-order chi connectivity index (χ1) is 6.93. The fourth-order valence-corrected chi connectivity index (χ4v) is 0.947. The molecule has 0 aliphatic carbocycles. The number of carbonyl (C=O) groups excluding carboxylic acids is 2. The van der Waals surface area contributed by atoms with Gasteiger partial charge in [0.1, 0.15) is 6.04 Å². The average Bonchev–Trinajstić information content (AvgIpc) is 2.08. The summed E-state index contributed by atoms with van der Waals surface area (Å²) in [4.78, 5) is 31.3. The molecule has 7 N–H and O–H groups in total. The van der Waals surface area contributed by atoms with E-state index < -0.39 is 24.1 Å². The zero-order chi connectivity index (χ0) is 11.8. The van der Waals surface area contributed by atoms with E-state index in [1.807, 2.05) is 0 Å². The van der Waals surface area contributed by atoms with Crippen molar-refractivity contribution in [2.24, 2.45) is 11.5 Å². The smallest absolute Gasteiger partial charge is 0.326 e. The number of carboxylic acids is 1. The Labute approximate surface area is 86.0 Å². The molecule has 0 heterocycles. The molecule has 0 aromatic heterocycles. The van der Waals surface area contributed by atoms with Gasteiger partial charge >= 0.3 is 18.0 Å². The summed E-state index contributed by atoms with van der Waals surface area (Å²) in [5.74, 6) is -1.17. The van der Waals surface area contributed by atoms with Gasteiger partial charge in [-0.2, -0.15) is 0 Å². The van der Waals surface area contributed by atoms with Crippen LogP contribution >= 0.6 is 0 Å². The van der Waals surface area contributed by atoms with Gasteiger partial charge < -0.3 is 27.2 Å². The lowest BCUT2D eigenvalue weighted by Gasteiger charge is -2.12. The van der Waals surface area contributed by atoms with E-state index in [1.54, 1.807) is 0 Å². The van der Waals surface area contributed by atoms with E-state index in [4.69, 9.17) is 16.6 Å². The standard InChI is InChI=1S/C7H14N4O4/c8-6(14)10-3-1-2-4(5(12)13)11-7(9)15/h4H,1-3H2,(H,12,13)(H3,8,10,14)(H3,9,11,15). The molecular formula is C7H14N4O4. The normalized spacial score (nSPS) is 11.5. The second kappa shape index (κ2) is 6.46. The van der Waals surface area contributed by atoms with Crippen molar-refractivity contribution in [1.82, 2.24) is 10.6 Å². The molecule has 0 rings (SSSR count). The van der Waals surface area contributed by atoms with Crippen molar-refractivity contribution in [3.63, 3.8) is 0 Å². The van der Waals surface area contributed by atoms with Crippen molar-refractivity contribution in [1.29, 1.82) is 0 Å². The van der Waals surface area contributed by atoms with E-state index in [9.17, 15) is 14.4 Å². The summed E-state index contributed by atoms with van der Waals surface area (Å²) in [6, 6.07) is -2.62. The Morgan fingerprint density at radius 3 is 2.20 bits per heavy atom. The number of carboxylic acid groups (broad SMARTS) is 1. The molecule has 1 unspecified atom stereocenters. The minimum absolute atomic E-state index is 0.165. The van der Waals surface area contributed by atoms with Crippen LogP contribution in [0.15, 0.2) is 0 Å². The van der Waals surface area contributed by atoms with Gasteiger partial charge in [-0.1, -0.05) is 0 Å². The Hall–Kier alpha value is -1.99. The van der Waals surface area contributed by atoms with Crippen LogP contribution in [0.4, 0.5) is 9.59 Å². The molecule has 86 valence electrons. The van der Waals surface area contributed by atoms with Crippen molar-refractivity contribution in [2.45, 2.75) is 18.9 Å². The molecular weight excluding hydrogens is 204 g/mol. The second-order valence-electron chi connectivity index (χ2n) is 2.83. The van der Waals surface area contributed by atoms with Crippen LogP contribution in [-0.2, 0) is 4.79 Å². The van der Waals surface area contributed by atoms with Crippen LogP contribution in [0.5, 0.6) is 0 Å². The van der Waals surface area contributed by atoms with Crippen LogP contribution in [0.25, 0.3) is 0 Å². The lowest BCUT2D eigenvalue weighted by Crippen LogP contribution is -2.44. The zero-order valence-electron chi connectivity index (χ0n) is 8.03. The molecule has 0 aliphatic heterocycles. The number of hydrogen-bond acceptors (Lipinski definition) is 3. The quantitative estimate of drug-likeness (QED) is 0.347. The van der Waals surface area contributed by atoms with Gasteiger partial charge in [0.15, 0.2) is 0 Å². The maximum atomic E-state index is 10.6. The van der Waals surface area contributed by atoms with E-state index in [1.165, 1.54) is 0 Å². The minimum atomic E-state index is -1.17. The Balaban J connectivity index is 3.81. The van der Waals surface area contributed by atoms with Crippen molar-refractivity contribution in [2.75, 3.05) is 6.54 Å². The third kappa shape index (κ3) is 7.11. The highest BCUT2D eigenvalue weighted by Gasteiger charge is 2.17. The van der Waals surface area contributed by atoms with Crippen molar-refractivity contribution in [3.8, 4) is 0 Å². The van der Waals surface area contributed by atoms with Crippen LogP contribution in [0.3, 0.4) is 0 Å². The number of primary amides is 2. The molecule has 8 heteroatoms. The summed E-state index contributed by atoms with van der Waals surface area (Å²) in [6.45, 7) is 0.250. The van der Waals surface area contributed by atoms with E-state index in [0.29, 0.717) is 6.42 Å². The third-order valence-corrected chi connectivity index (χ3v) is 1.58. The predicted molar refractivity (Wildman–Crippen MR) is 51.0 cm³/mol. The van der Waals surface area contributed by atoms with Gasteiger partial charge in [-0.15, -0.1) is 0 Å². The number of hydrogen-bond donors (Lipinski definition) is 5. The molecule has 8 nitrogen and oxygen atoms in total. The predicted octanol–water partition coefficient (Wildman–Crippen LogP) is -1.44. The average molecular weight is 218 g/mol. The Kier molecular flexibility index (Phi) is 5.60. The van der Waals surface area contributed by atoms with Gasteiger partial charge in [0.05, 0.1) is 0 Å². The first kappa shape index (κ1) is 13.0. The molecule has 0 fully saturated rings. The SMILES string of the molecule is NC(=O)NCCCC(NC(N)=O)C(=O)O. The maximum absolute atomic E-state index is 10.6. The lowest BCUT2D eigenvalue weighted by atomic mass is 10.1. The molecule has 15 heavy (non-hydrogen) atoms. The van der Waals surface area contributed by atoms with Crippen LogP contribution in [0.1, 0.15) is 12.8 Å². The van der Waals surface area contributed by atoms with Crippen LogP contribution in [0, 0.1) is 0 Å². The van der Waals surface area contributed by atoms with E-state index in [0.717, 1.165) is 0 Å². The number of carbonyl (C=O) groups is 3. The van der Waals surface area contributed by atoms with Gasteiger partial charge in [0, 0.05) is 6.54 Å². The molecule has 4 amide bonds. The number of aliphatic carboxylic acids is 1. The van der Waals surface area contributed by atoms with Crippen LogP contribution in [-0.4, -0.2) is 35.7 Å². The highest BCUT2D eigenvalue weighted by Crippen LogP contribution is 1.96. The van der Waals surface area contributed by atoms with Gasteiger partial charge in [-0.25, -0.2) is 14.4 Å². The fourth-order valence-electron chi connectivity index (χ4n) is 0.947. The van der Waals surface area contributed by atoms with Gasteiger partial charge in [-0.3, -0.25) is 0 Å². The van der Waals surface area contributed by atoms with Crippen LogP contribution in [0.2, 0.25) is 0 Å². The molecule has 0 aliphatic rings. The zero-order valence-corrected chi connectivity index (χ0v) is 8.03. The van der Waals surface area contributed by atoms with E-state index >= 15 is 0 Å². The summed E-state index contributed by atoms with van der Waals surface area (Å²) >= 11 is 0. The summed E-state index contributed by atoms with van der Waals surface area (Å²) in [6.07, 6.45) is 0.540. The van der Waals surface area contributed by atoms with E-state index in [-0.39, 0.29) is 13.0 Å². The Morgan fingerprint density at radius 1 is 1.20 bits per heavy atom. The maximum Gasteiger partial charge on any atom is 0.326 e. The highest BCUT2D eigenvalue weighted by molar-refractivity contribution is 5.81. The molecule has 0 aromatic carbocycles. The topological polar surface area (TPSA) is 148 Å². The molecule has 1 atom stereocenters. The fraction of sp³-hybridized carbons (Fsp3) is 0.571. The van der Waals surface area contributed by atoms with Crippen molar-refractivity contribution in [3.05, 3.63) is 0 Å². The largest absolute Gasteiger partial charge is 0.480 e. The number of nitrogens with one attached hydrogen (secondary N) is 2. The Morgan fingerprint density at radius 2 is 1.80 bits per heavy atom. The first-order valence-electron chi connectivity index (χ1n) is 4.25. The number of amides is 4. The second-order valence-corrected chi connectivity index (χ2v) is 2.83. The third-order valence-electron chi connectivity index (χ3n) is 1.58. The molecule has 0 saturated carbocycles. The number of rotatable bonds is 6. The monoisotopic (exact) mass is 218 g/mol. The summed E-state index contributed by atoms with van der Waals surface area (Å²) < 4.78 is 0. The summed E-state index contributed by atoms with van der Waals surface area (Å²) in [5.41, 5.74) is 9.57. The Bertz CT molecular complexity index is 255. The summed E-state index contributed by atoms with van der Waals surface area (Å²) in [7, 11) is 0. The van der Waals surface area contributed by atoms with Crippen molar-refractivity contribution < 1.29 is 19.5 Å². The van der Waals surface area contributed by atoms with Crippen molar-refractivity contribution >= 4 is 18.0 Å². The molecule has 0 radical (unpaired) electrons. The molecule has 0 saturated heterocycles.